The van der Waals surface area contributed by atoms with Crippen molar-refractivity contribution in [2.75, 3.05) is 18.8 Å². The molecule has 1 atom stereocenters. The Labute approximate surface area is 154 Å². The Morgan fingerprint density at radius 1 is 1.16 bits per heavy atom. The van der Waals surface area contributed by atoms with Gasteiger partial charge in [0.1, 0.15) is 0 Å². The predicted octanol–water partition coefficient (Wildman–Crippen LogP) is 4.72. The SMILES string of the molecule is O=C(c1cc(-c2ccccc2)on1)N1CCSC(c2cccs2)CC1. The quantitative estimate of drug-likeness (QED) is 0.669. The summed E-state index contributed by atoms with van der Waals surface area (Å²) in [5.41, 5.74) is 1.32. The van der Waals surface area contributed by atoms with E-state index in [2.05, 4.69) is 22.7 Å². The maximum atomic E-state index is 12.8. The van der Waals surface area contributed by atoms with Gasteiger partial charge in [-0.1, -0.05) is 41.6 Å². The van der Waals surface area contributed by atoms with Crippen LogP contribution < -0.4 is 0 Å². The lowest BCUT2D eigenvalue weighted by Gasteiger charge is -2.18. The monoisotopic (exact) mass is 370 g/mol. The third kappa shape index (κ3) is 3.65. The molecule has 0 spiro atoms. The van der Waals surface area contributed by atoms with Gasteiger partial charge < -0.3 is 9.42 Å². The Hall–Kier alpha value is -2.05. The van der Waals surface area contributed by atoms with E-state index < -0.39 is 0 Å². The van der Waals surface area contributed by atoms with Gasteiger partial charge in [-0.2, -0.15) is 11.8 Å². The summed E-state index contributed by atoms with van der Waals surface area (Å²) in [6, 6.07) is 15.7. The Kier molecular flexibility index (Phi) is 4.90. The van der Waals surface area contributed by atoms with Gasteiger partial charge in [-0.05, 0) is 17.9 Å². The summed E-state index contributed by atoms with van der Waals surface area (Å²) in [6.07, 6.45) is 0.973. The summed E-state index contributed by atoms with van der Waals surface area (Å²) in [5, 5.41) is 6.59. The van der Waals surface area contributed by atoms with Gasteiger partial charge in [0.25, 0.3) is 5.91 Å². The molecule has 128 valence electrons. The lowest BCUT2D eigenvalue weighted by molar-refractivity contribution is 0.0756. The highest BCUT2D eigenvalue weighted by atomic mass is 32.2. The third-order valence-electron chi connectivity index (χ3n) is 4.28. The van der Waals surface area contributed by atoms with Crippen LogP contribution in [0.5, 0.6) is 0 Å². The normalized spacial score (nSPS) is 18.1. The lowest BCUT2D eigenvalue weighted by atomic mass is 10.1. The van der Waals surface area contributed by atoms with Crippen LogP contribution in [0.4, 0.5) is 0 Å². The first-order valence-corrected chi connectivity index (χ1v) is 10.2. The molecule has 1 fully saturated rings. The number of nitrogens with zero attached hydrogens (tertiary/aromatic N) is 2. The van der Waals surface area contributed by atoms with Crippen LogP contribution >= 0.6 is 23.1 Å². The largest absolute Gasteiger partial charge is 0.355 e. The fourth-order valence-electron chi connectivity index (χ4n) is 2.95. The number of hydrogen-bond acceptors (Lipinski definition) is 5. The van der Waals surface area contributed by atoms with Gasteiger partial charge in [0.05, 0.1) is 0 Å². The van der Waals surface area contributed by atoms with Gasteiger partial charge in [0, 0.05) is 40.6 Å². The minimum atomic E-state index is -0.0432. The van der Waals surface area contributed by atoms with Gasteiger partial charge >= 0.3 is 0 Å². The fourth-order valence-corrected chi connectivity index (χ4v) is 5.19. The first-order valence-electron chi connectivity index (χ1n) is 8.27. The number of amides is 1. The summed E-state index contributed by atoms with van der Waals surface area (Å²) >= 11 is 3.73. The summed E-state index contributed by atoms with van der Waals surface area (Å²) in [7, 11) is 0. The molecular formula is C19H18N2O2S2. The third-order valence-corrected chi connectivity index (χ3v) is 6.72. The van der Waals surface area contributed by atoms with Gasteiger partial charge in [-0.15, -0.1) is 11.3 Å². The molecular weight excluding hydrogens is 352 g/mol. The maximum Gasteiger partial charge on any atom is 0.276 e. The van der Waals surface area contributed by atoms with E-state index in [1.54, 1.807) is 17.4 Å². The molecule has 0 radical (unpaired) electrons. The summed E-state index contributed by atoms with van der Waals surface area (Å²) in [6.45, 7) is 1.50. The summed E-state index contributed by atoms with van der Waals surface area (Å²) < 4.78 is 5.37. The van der Waals surface area contributed by atoms with Crippen LogP contribution in [0.2, 0.25) is 0 Å². The summed E-state index contributed by atoms with van der Waals surface area (Å²) in [4.78, 5) is 16.1. The van der Waals surface area contributed by atoms with E-state index in [1.165, 1.54) is 4.88 Å². The lowest BCUT2D eigenvalue weighted by Crippen LogP contribution is -2.33. The second-order valence-electron chi connectivity index (χ2n) is 5.90. The number of carbonyl (C=O) groups is 1. The smallest absolute Gasteiger partial charge is 0.276 e. The van der Waals surface area contributed by atoms with Crippen molar-refractivity contribution >= 4 is 29.0 Å². The zero-order chi connectivity index (χ0) is 17.1. The molecule has 1 aliphatic heterocycles. The Balaban J connectivity index is 1.45. The van der Waals surface area contributed by atoms with Crippen molar-refractivity contribution in [2.24, 2.45) is 0 Å². The van der Waals surface area contributed by atoms with Crippen LogP contribution in [0.3, 0.4) is 0 Å². The van der Waals surface area contributed by atoms with Crippen LogP contribution in [-0.2, 0) is 0 Å². The van der Waals surface area contributed by atoms with E-state index in [0.717, 1.165) is 30.8 Å². The van der Waals surface area contributed by atoms with E-state index in [1.807, 2.05) is 47.0 Å². The molecule has 25 heavy (non-hydrogen) atoms. The number of thiophene rings is 1. The molecule has 3 heterocycles. The molecule has 4 nitrogen and oxygen atoms in total. The number of hydrogen-bond donors (Lipinski definition) is 0. The van der Waals surface area contributed by atoms with Crippen molar-refractivity contribution in [1.29, 1.82) is 0 Å². The molecule has 0 aliphatic carbocycles. The highest BCUT2D eigenvalue weighted by molar-refractivity contribution is 7.99. The molecule has 1 unspecified atom stereocenters. The molecule has 1 saturated heterocycles. The Morgan fingerprint density at radius 2 is 2.04 bits per heavy atom. The standard InChI is InChI=1S/C19H18N2O2S2/c22-19(15-13-16(23-20-15)14-5-2-1-3-6-14)21-9-8-18(25-12-10-21)17-7-4-11-24-17/h1-7,11,13,18H,8-10,12H2. The molecule has 2 aromatic heterocycles. The van der Waals surface area contributed by atoms with Crippen LogP contribution in [0.25, 0.3) is 11.3 Å². The number of carbonyl (C=O) groups excluding carboxylic acids is 1. The Bertz CT molecular complexity index is 830. The second-order valence-corrected chi connectivity index (χ2v) is 8.19. The fraction of sp³-hybridized carbons (Fsp3) is 0.263. The van der Waals surface area contributed by atoms with Gasteiger partial charge in [0.15, 0.2) is 11.5 Å². The average Bonchev–Trinajstić information content (AvgIpc) is 3.30. The molecule has 3 aromatic rings. The van der Waals surface area contributed by atoms with Crippen molar-refractivity contribution in [2.45, 2.75) is 11.7 Å². The molecule has 0 saturated carbocycles. The van der Waals surface area contributed by atoms with Gasteiger partial charge in [-0.25, -0.2) is 0 Å². The van der Waals surface area contributed by atoms with Gasteiger partial charge in [-0.3, -0.25) is 4.79 Å². The van der Waals surface area contributed by atoms with E-state index in [4.69, 9.17) is 4.52 Å². The van der Waals surface area contributed by atoms with E-state index in [-0.39, 0.29) is 5.91 Å². The van der Waals surface area contributed by atoms with Crippen LogP contribution in [0.15, 0.2) is 58.4 Å². The minimum absolute atomic E-state index is 0.0432. The van der Waals surface area contributed by atoms with Crippen LogP contribution in [0, 0.1) is 0 Å². The predicted molar refractivity (Wildman–Crippen MR) is 102 cm³/mol. The minimum Gasteiger partial charge on any atom is -0.355 e. The number of aromatic nitrogens is 1. The molecule has 0 bridgehead atoms. The summed E-state index contributed by atoms with van der Waals surface area (Å²) in [5.74, 6) is 1.53. The first-order chi connectivity index (χ1) is 12.3. The van der Waals surface area contributed by atoms with Crippen molar-refractivity contribution in [3.05, 3.63) is 64.5 Å². The Morgan fingerprint density at radius 3 is 2.84 bits per heavy atom. The molecule has 1 aliphatic rings. The van der Waals surface area contributed by atoms with Crippen molar-refractivity contribution in [1.82, 2.24) is 10.1 Å². The second kappa shape index (κ2) is 7.45. The number of benzene rings is 1. The number of rotatable bonds is 3. The van der Waals surface area contributed by atoms with Crippen LogP contribution in [-0.4, -0.2) is 34.8 Å². The zero-order valence-corrected chi connectivity index (χ0v) is 15.3. The first kappa shape index (κ1) is 16.4. The highest BCUT2D eigenvalue weighted by Crippen LogP contribution is 2.37. The van der Waals surface area contributed by atoms with E-state index in [9.17, 15) is 4.79 Å². The molecule has 0 N–H and O–H groups in total. The van der Waals surface area contributed by atoms with Crippen molar-refractivity contribution in [3.8, 4) is 11.3 Å². The topological polar surface area (TPSA) is 46.3 Å². The number of thioether (sulfide) groups is 1. The molecule has 6 heteroatoms. The molecule has 1 amide bonds. The van der Waals surface area contributed by atoms with Crippen LogP contribution in [0.1, 0.15) is 27.0 Å². The van der Waals surface area contributed by atoms with Gasteiger partial charge in [0.2, 0.25) is 0 Å². The maximum absolute atomic E-state index is 12.8. The molecule has 1 aromatic carbocycles. The van der Waals surface area contributed by atoms with E-state index in [0.29, 0.717) is 16.7 Å². The van der Waals surface area contributed by atoms with E-state index >= 15 is 0 Å². The zero-order valence-electron chi connectivity index (χ0n) is 13.6. The highest BCUT2D eigenvalue weighted by Gasteiger charge is 2.25. The van der Waals surface area contributed by atoms with Crippen molar-refractivity contribution < 1.29 is 9.32 Å². The molecule has 4 rings (SSSR count). The van der Waals surface area contributed by atoms with Crippen molar-refractivity contribution in [3.63, 3.8) is 0 Å². The average molecular weight is 370 g/mol.